The number of rotatable bonds is 8. The van der Waals surface area contributed by atoms with Crippen LogP contribution in [-0.2, 0) is 9.47 Å². The molecule has 1 aromatic carbocycles. The number of hydrogen-bond acceptors (Lipinski definition) is 5. The molecule has 0 radical (unpaired) electrons. The van der Waals surface area contributed by atoms with Gasteiger partial charge in [-0.2, -0.15) is 0 Å². The van der Waals surface area contributed by atoms with Crippen LogP contribution in [0.5, 0.6) is 0 Å². The highest BCUT2D eigenvalue weighted by atomic mass is 16.5. The summed E-state index contributed by atoms with van der Waals surface area (Å²) in [6.07, 6.45) is 6.64. The second-order valence-electron chi connectivity index (χ2n) is 7.13. The maximum atomic E-state index is 12.9. The monoisotopic (exact) mass is 391 g/mol. The van der Waals surface area contributed by atoms with E-state index in [4.69, 9.17) is 14.5 Å². The number of fused-ring (bicyclic) bond motifs is 1. The molecule has 1 N–H and O–H groups in total. The highest BCUT2D eigenvalue weighted by molar-refractivity contribution is 6.07. The first kappa shape index (κ1) is 19.5. The lowest BCUT2D eigenvalue weighted by atomic mass is 10.0. The molecule has 1 aliphatic rings. The number of carbonyl (C=O) groups is 1. The van der Waals surface area contributed by atoms with Gasteiger partial charge >= 0.3 is 0 Å². The first-order valence-electron chi connectivity index (χ1n) is 10.1. The third-order valence-electron chi connectivity index (χ3n) is 5.02. The third-order valence-corrected chi connectivity index (χ3v) is 5.02. The quantitative estimate of drug-likeness (QED) is 0.594. The fraction of sp³-hybridized carbons (Fsp3) is 0.348. The van der Waals surface area contributed by atoms with Crippen LogP contribution in [0.15, 0.2) is 54.9 Å². The minimum atomic E-state index is -0.0990. The maximum Gasteiger partial charge on any atom is 0.252 e. The molecule has 3 heterocycles. The molecule has 3 aromatic rings. The summed E-state index contributed by atoms with van der Waals surface area (Å²) in [6, 6.07) is 13.3. The molecule has 6 heteroatoms. The van der Waals surface area contributed by atoms with Gasteiger partial charge in [0.15, 0.2) is 0 Å². The van der Waals surface area contributed by atoms with Gasteiger partial charge < -0.3 is 14.8 Å². The Kier molecular flexibility index (Phi) is 6.44. The third kappa shape index (κ3) is 4.96. The van der Waals surface area contributed by atoms with Crippen molar-refractivity contribution in [1.29, 1.82) is 0 Å². The number of aromatic nitrogens is 2. The molecule has 150 valence electrons. The summed E-state index contributed by atoms with van der Waals surface area (Å²) >= 11 is 0. The van der Waals surface area contributed by atoms with Gasteiger partial charge in [-0.3, -0.25) is 9.78 Å². The molecule has 2 aromatic heterocycles. The summed E-state index contributed by atoms with van der Waals surface area (Å²) in [5.41, 5.74) is 3.12. The van der Waals surface area contributed by atoms with Gasteiger partial charge in [0.2, 0.25) is 0 Å². The standard InChI is InChI=1S/C23H25N3O3/c27-23(25-10-4-13-28-16-18-5-3-14-29-18)20-15-22(17-8-11-24-12-9-17)26-21-7-2-1-6-19(20)21/h1-2,6-9,11-12,15,18H,3-5,10,13-14,16H2,(H,25,27). The van der Waals surface area contributed by atoms with Gasteiger partial charge in [0.25, 0.3) is 5.91 Å². The molecule has 0 saturated carbocycles. The van der Waals surface area contributed by atoms with E-state index < -0.39 is 0 Å². The van der Waals surface area contributed by atoms with E-state index in [0.29, 0.717) is 25.3 Å². The SMILES string of the molecule is O=C(NCCCOCC1CCCO1)c1cc(-c2ccncc2)nc2ccccc12. The number of nitrogens with one attached hydrogen (secondary N) is 1. The predicted molar refractivity (Wildman–Crippen MR) is 112 cm³/mol. The van der Waals surface area contributed by atoms with Crippen molar-refractivity contribution in [2.24, 2.45) is 0 Å². The highest BCUT2D eigenvalue weighted by Gasteiger charge is 2.15. The van der Waals surface area contributed by atoms with Gasteiger partial charge in [-0.1, -0.05) is 18.2 Å². The zero-order valence-electron chi connectivity index (χ0n) is 16.3. The van der Waals surface area contributed by atoms with Gasteiger partial charge in [-0.05, 0) is 43.5 Å². The highest BCUT2D eigenvalue weighted by Crippen LogP contribution is 2.24. The van der Waals surface area contributed by atoms with Gasteiger partial charge in [0.05, 0.1) is 29.5 Å². The molecule has 0 spiro atoms. The van der Waals surface area contributed by atoms with E-state index in [1.807, 2.05) is 42.5 Å². The van der Waals surface area contributed by atoms with E-state index in [2.05, 4.69) is 10.3 Å². The average Bonchev–Trinajstić information content (AvgIpc) is 3.29. The number of amides is 1. The van der Waals surface area contributed by atoms with Crippen LogP contribution in [0.2, 0.25) is 0 Å². The second-order valence-corrected chi connectivity index (χ2v) is 7.13. The summed E-state index contributed by atoms with van der Waals surface area (Å²) in [7, 11) is 0. The fourth-order valence-corrected chi connectivity index (χ4v) is 3.50. The Morgan fingerprint density at radius 1 is 1.21 bits per heavy atom. The Hall–Kier alpha value is -2.83. The lowest BCUT2D eigenvalue weighted by Crippen LogP contribution is -2.26. The van der Waals surface area contributed by atoms with Crippen molar-refractivity contribution in [2.75, 3.05) is 26.4 Å². The first-order chi connectivity index (χ1) is 14.3. The van der Waals surface area contributed by atoms with E-state index in [-0.39, 0.29) is 12.0 Å². The largest absolute Gasteiger partial charge is 0.379 e. The predicted octanol–water partition coefficient (Wildman–Crippen LogP) is 3.61. The Bertz CT molecular complexity index is 956. The van der Waals surface area contributed by atoms with Crippen LogP contribution in [0.1, 0.15) is 29.6 Å². The average molecular weight is 391 g/mol. The first-order valence-corrected chi connectivity index (χ1v) is 10.1. The molecule has 1 amide bonds. The molecule has 1 atom stereocenters. The Balaban J connectivity index is 1.40. The molecular formula is C23H25N3O3. The number of hydrogen-bond donors (Lipinski definition) is 1. The zero-order chi connectivity index (χ0) is 19.9. The van der Waals surface area contributed by atoms with Crippen LogP contribution in [0.4, 0.5) is 0 Å². The summed E-state index contributed by atoms with van der Waals surface area (Å²) in [4.78, 5) is 21.6. The molecule has 1 aliphatic heterocycles. The van der Waals surface area contributed by atoms with E-state index in [1.54, 1.807) is 12.4 Å². The van der Waals surface area contributed by atoms with Crippen molar-refractivity contribution in [3.05, 3.63) is 60.4 Å². The molecule has 6 nitrogen and oxygen atoms in total. The normalized spacial score (nSPS) is 16.2. The Morgan fingerprint density at radius 3 is 2.90 bits per heavy atom. The summed E-state index contributed by atoms with van der Waals surface area (Å²) in [6.45, 7) is 2.65. The summed E-state index contributed by atoms with van der Waals surface area (Å²) in [5, 5.41) is 3.85. The number of benzene rings is 1. The molecule has 1 saturated heterocycles. The Morgan fingerprint density at radius 2 is 2.07 bits per heavy atom. The van der Waals surface area contributed by atoms with E-state index in [9.17, 15) is 4.79 Å². The fourth-order valence-electron chi connectivity index (χ4n) is 3.50. The van der Waals surface area contributed by atoms with Gasteiger partial charge in [0, 0.05) is 43.1 Å². The maximum absolute atomic E-state index is 12.9. The van der Waals surface area contributed by atoms with Crippen LogP contribution in [0.25, 0.3) is 22.2 Å². The number of nitrogens with zero attached hydrogens (tertiary/aromatic N) is 2. The number of para-hydroxylation sites is 1. The van der Waals surface area contributed by atoms with E-state index in [1.165, 1.54) is 0 Å². The minimum absolute atomic E-state index is 0.0990. The van der Waals surface area contributed by atoms with Crippen LogP contribution >= 0.6 is 0 Å². The van der Waals surface area contributed by atoms with Crippen molar-refractivity contribution in [3.8, 4) is 11.3 Å². The van der Waals surface area contributed by atoms with Crippen LogP contribution in [-0.4, -0.2) is 48.3 Å². The van der Waals surface area contributed by atoms with Crippen molar-refractivity contribution >= 4 is 16.8 Å². The van der Waals surface area contributed by atoms with Crippen molar-refractivity contribution in [2.45, 2.75) is 25.4 Å². The topological polar surface area (TPSA) is 73.3 Å². The van der Waals surface area contributed by atoms with E-state index >= 15 is 0 Å². The minimum Gasteiger partial charge on any atom is -0.379 e. The molecule has 29 heavy (non-hydrogen) atoms. The number of carbonyl (C=O) groups excluding carboxylic acids is 1. The van der Waals surface area contributed by atoms with Gasteiger partial charge in [-0.15, -0.1) is 0 Å². The number of pyridine rings is 2. The second kappa shape index (κ2) is 9.58. The summed E-state index contributed by atoms with van der Waals surface area (Å²) in [5.74, 6) is -0.0990. The molecule has 1 unspecified atom stereocenters. The van der Waals surface area contributed by atoms with Crippen LogP contribution in [0.3, 0.4) is 0 Å². The van der Waals surface area contributed by atoms with Crippen LogP contribution < -0.4 is 5.32 Å². The van der Waals surface area contributed by atoms with Gasteiger partial charge in [-0.25, -0.2) is 4.98 Å². The number of ether oxygens (including phenoxy) is 2. The Labute approximate surface area is 170 Å². The zero-order valence-corrected chi connectivity index (χ0v) is 16.3. The summed E-state index contributed by atoms with van der Waals surface area (Å²) < 4.78 is 11.2. The smallest absolute Gasteiger partial charge is 0.252 e. The molecule has 0 bridgehead atoms. The lowest BCUT2D eigenvalue weighted by molar-refractivity contribution is 0.0166. The molecule has 0 aliphatic carbocycles. The molecule has 4 rings (SSSR count). The lowest BCUT2D eigenvalue weighted by Gasteiger charge is -2.12. The van der Waals surface area contributed by atoms with Crippen molar-refractivity contribution in [3.63, 3.8) is 0 Å². The molecule has 1 fully saturated rings. The van der Waals surface area contributed by atoms with Crippen molar-refractivity contribution in [1.82, 2.24) is 15.3 Å². The van der Waals surface area contributed by atoms with Crippen molar-refractivity contribution < 1.29 is 14.3 Å². The molecular weight excluding hydrogens is 366 g/mol. The van der Waals surface area contributed by atoms with Gasteiger partial charge in [0.1, 0.15) is 0 Å². The van der Waals surface area contributed by atoms with E-state index in [0.717, 1.165) is 48.0 Å². The van der Waals surface area contributed by atoms with Crippen LogP contribution in [0, 0.1) is 0 Å².